The average Bonchev–Trinajstić information content (AvgIpc) is 2.34. The number of hydrogen-bond donors (Lipinski definition) is 2. The van der Waals surface area contributed by atoms with Crippen LogP contribution in [0.1, 0.15) is 37.0 Å². The highest BCUT2D eigenvalue weighted by atomic mass is 79.9. The van der Waals surface area contributed by atoms with Crippen LogP contribution < -0.4 is 5.32 Å². The summed E-state index contributed by atoms with van der Waals surface area (Å²) in [6, 6.07) is 4.20. The van der Waals surface area contributed by atoms with E-state index < -0.39 is 17.7 Å². The Labute approximate surface area is 131 Å². The van der Waals surface area contributed by atoms with Crippen LogP contribution in [0.2, 0.25) is 0 Å². The van der Waals surface area contributed by atoms with Crippen molar-refractivity contribution in [2.45, 2.75) is 26.7 Å². The molecule has 1 amide bonds. The SMILES string of the molecule is CC(C)C[C@H](CNC(=O)c1ccc(Br)cc1F)CC(=O)O. The van der Waals surface area contributed by atoms with Crippen LogP contribution in [0.4, 0.5) is 4.39 Å². The van der Waals surface area contributed by atoms with E-state index in [2.05, 4.69) is 21.2 Å². The van der Waals surface area contributed by atoms with E-state index in [1.807, 2.05) is 13.8 Å². The summed E-state index contributed by atoms with van der Waals surface area (Å²) in [6.07, 6.45) is 0.677. The van der Waals surface area contributed by atoms with Crippen molar-refractivity contribution in [2.24, 2.45) is 11.8 Å². The van der Waals surface area contributed by atoms with Crippen molar-refractivity contribution in [2.75, 3.05) is 6.54 Å². The quantitative estimate of drug-likeness (QED) is 0.783. The van der Waals surface area contributed by atoms with E-state index in [9.17, 15) is 14.0 Å². The van der Waals surface area contributed by atoms with Crippen molar-refractivity contribution in [3.05, 3.63) is 34.1 Å². The molecule has 1 rings (SSSR count). The molecule has 2 N–H and O–H groups in total. The number of aliphatic carboxylic acids is 1. The monoisotopic (exact) mass is 359 g/mol. The molecule has 0 saturated heterocycles. The Balaban J connectivity index is 2.65. The minimum atomic E-state index is -0.898. The van der Waals surface area contributed by atoms with Gasteiger partial charge >= 0.3 is 5.97 Å². The molecule has 0 bridgehead atoms. The standard InChI is InChI=1S/C15H19BrFNO3/c1-9(2)5-10(6-14(19)20)8-18-15(21)12-4-3-11(16)7-13(12)17/h3-4,7,9-10H,5-6,8H2,1-2H3,(H,18,21)(H,19,20)/t10-/m0/s1. The molecule has 6 heteroatoms. The summed E-state index contributed by atoms with van der Waals surface area (Å²) in [5, 5.41) is 11.5. The van der Waals surface area contributed by atoms with E-state index >= 15 is 0 Å². The first-order chi connectivity index (χ1) is 9.79. The Hall–Kier alpha value is -1.43. The van der Waals surface area contributed by atoms with Crippen LogP contribution in [0.25, 0.3) is 0 Å². The van der Waals surface area contributed by atoms with E-state index in [1.54, 1.807) is 6.07 Å². The fourth-order valence-electron chi connectivity index (χ4n) is 2.16. The number of carboxylic acid groups (broad SMARTS) is 1. The third kappa shape index (κ3) is 6.25. The number of nitrogens with one attached hydrogen (secondary N) is 1. The van der Waals surface area contributed by atoms with E-state index in [4.69, 9.17) is 5.11 Å². The Morgan fingerprint density at radius 2 is 2.05 bits per heavy atom. The molecule has 0 aromatic heterocycles. The number of carbonyl (C=O) groups excluding carboxylic acids is 1. The minimum Gasteiger partial charge on any atom is -0.481 e. The third-order valence-corrected chi connectivity index (χ3v) is 3.49. The summed E-state index contributed by atoms with van der Waals surface area (Å²) in [7, 11) is 0. The molecular formula is C15H19BrFNO3. The second-order valence-electron chi connectivity index (χ2n) is 5.43. The summed E-state index contributed by atoms with van der Waals surface area (Å²) >= 11 is 3.12. The lowest BCUT2D eigenvalue weighted by atomic mass is 9.94. The zero-order chi connectivity index (χ0) is 16.0. The highest BCUT2D eigenvalue weighted by Crippen LogP contribution is 2.17. The van der Waals surface area contributed by atoms with Gasteiger partial charge in [0.25, 0.3) is 5.91 Å². The summed E-state index contributed by atoms with van der Waals surface area (Å²) in [4.78, 5) is 22.8. The second kappa shape index (κ2) is 8.12. The molecule has 4 nitrogen and oxygen atoms in total. The normalized spacial score (nSPS) is 12.2. The second-order valence-corrected chi connectivity index (χ2v) is 6.34. The number of carboxylic acids is 1. The molecule has 1 atom stereocenters. The molecule has 0 radical (unpaired) electrons. The molecule has 0 unspecified atom stereocenters. The molecule has 0 fully saturated rings. The fraction of sp³-hybridized carbons (Fsp3) is 0.467. The van der Waals surface area contributed by atoms with Gasteiger partial charge in [-0.15, -0.1) is 0 Å². The molecule has 0 aliphatic carbocycles. The highest BCUT2D eigenvalue weighted by Gasteiger charge is 2.18. The molecular weight excluding hydrogens is 341 g/mol. The van der Waals surface area contributed by atoms with Gasteiger partial charge in [0.1, 0.15) is 5.82 Å². The summed E-state index contributed by atoms with van der Waals surface area (Å²) in [6.45, 7) is 4.20. The van der Waals surface area contributed by atoms with E-state index in [-0.39, 0.29) is 24.4 Å². The van der Waals surface area contributed by atoms with E-state index in [1.165, 1.54) is 12.1 Å². The Morgan fingerprint density at radius 3 is 2.57 bits per heavy atom. The van der Waals surface area contributed by atoms with E-state index in [0.29, 0.717) is 16.8 Å². The van der Waals surface area contributed by atoms with Gasteiger partial charge in [0.05, 0.1) is 5.56 Å². The smallest absolute Gasteiger partial charge is 0.303 e. The van der Waals surface area contributed by atoms with Crippen molar-refractivity contribution in [3.63, 3.8) is 0 Å². The van der Waals surface area contributed by atoms with Gasteiger partial charge in [-0.1, -0.05) is 29.8 Å². The molecule has 0 saturated carbocycles. The highest BCUT2D eigenvalue weighted by molar-refractivity contribution is 9.10. The maximum atomic E-state index is 13.7. The number of amides is 1. The lowest BCUT2D eigenvalue weighted by Crippen LogP contribution is -2.31. The Morgan fingerprint density at radius 1 is 1.38 bits per heavy atom. The zero-order valence-corrected chi connectivity index (χ0v) is 13.6. The lowest BCUT2D eigenvalue weighted by molar-refractivity contribution is -0.138. The molecule has 0 aliphatic rings. The molecule has 0 heterocycles. The van der Waals surface area contributed by atoms with Crippen LogP contribution in [-0.4, -0.2) is 23.5 Å². The number of benzene rings is 1. The van der Waals surface area contributed by atoms with Crippen molar-refractivity contribution < 1.29 is 19.1 Å². The van der Waals surface area contributed by atoms with Crippen LogP contribution in [0.5, 0.6) is 0 Å². The van der Waals surface area contributed by atoms with Crippen LogP contribution >= 0.6 is 15.9 Å². The maximum Gasteiger partial charge on any atom is 0.303 e. The van der Waals surface area contributed by atoms with Gasteiger partial charge in [-0.25, -0.2) is 4.39 Å². The average molecular weight is 360 g/mol. The fourth-order valence-corrected chi connectivity index (χ4v) is 2.49. The van der Waals surface area contributed by atoms with Crippen LogP contribution in [0, 0.1) is 17.7 Å². The Kier molecular flexibility index (Phi) is 6.81. The zero-order valence-electron chi connectivity index (χ0n) is 12.0. The van der Waals surface area contributed by atoms with Crippen LogP contribution in [0.15, 0.2) is 22.7 Å². The molecule has 1 aromatic rings. The van der Waals surface area contributed by atoms with Gasteiger partial charge in [-0.2, -0.15) is 0 Å². The van der Waals surface area contributed by atoms with Crippen molar-refractivity contribution >= 4 is 27.8 Å². The van der Waals surface area contributed by atoms with E-state index in [0.717, 1.165) is 0 Å². The number of hydrogen-bond acceptors (Lipinski definition) is 2. The molecule has 0 spiro atoms. The van der Waals surface area contributed by atoms with Crippen LogP contribution in [0.3, 0.4) is 0 Å². The maximum absolute atomic E-state index is 13.7. The third-order valence-electron chi connectivity index (χ3n) is 3.00. The molecule has 21 heavy (non-hydrogen) atoms. The minimum absolute atomic E-state index is 0.0126. The van der Waals surface area contributed by atoms with Crippen molar-refractivity contribution in [1.82, 2.24) is 5.32 Å². The number of rotatable bonds is 7. The number of halogens is 2. The van der Waals surface area contributed by atoms with Crippen LogP contribution in [-0.2, 0) is 4.79 Å². The largest absolute Gasteiger partial charge is 0.481 e. The molecule has 116 valence electrons. The topological polar surface area (TPSA) is 66.4 Å². The summed E-state index contributed by atoms with van der Waals surface area (Å²) in [5.74, 6) is -1.87. The molecule has 1 aromatic carbocycles. The van der Waals surface area contributed by atoms with Gasteiger partial charge in [-0.3, -0.25) is 9.59 Å². The van der Waals surface area contributed by atoms with Gasteiger partial charge in [0, 0.05) is 17.4 Å². The lowest BCUT2D eigenvalue weighted by Gasteiger charge is -2.18. The molecule has 0 aliphatic heterocycles. The van der Waals surface area contributed by atoms with Gasteiger partial charge < -0.3 is 10.4 Å². The summed E-state index contributed by atoms with van der Waals surface area (Å²) in [5.41, 5.74) is -0.0446. The first-order valence-corrected chi connectivity index (χ1v) is 7.54. The predicted molar refractivity (Wildman–Crippen MR) is 81.6 cm³/mol. The summed E-state index contributed by atoms with van der Waals surface area (Å²) < 4.78 is 14.2. The van der Waals surface area contributed by atoms with Crippen molar-refractivity contribution in [1.29, 1.82) is 0 Å². The first-order valence-electron chi connectivity index (χ1n) is 6.74. The Bertz CT molecular complexity index is 520. The first kappa shape index (κ1) is 17.6. The van der Waals surface area contributed by atoms with Gasteiger partial charge in [-0.05, 0) is 36.5 Å². The number of carbonyl (C=O) groups is 2. The van der Waals surface area contributed by atoms with Crippen molar-refractivity contribution in [3.8, 4) is 0 Å². The predicted octanol–water partition coefficient (Wildman–Crippen LogP) is 3.46. The van der Waals surface area contributed by atoms with Gasteiger partial charge in [0.15, 0.2) is 0 Å². The van der Waals surface area contributed by atoms with Gasteiger partial charge in [0.2, 0.25) is 0 Å².